The summed E-state index contributed by atoms with van der Waals surface area (Å²) in [5.41, 5.74) is 0.259. The largest absolute Gasteiger partial charge is 0.505 e. The molecule has 0 aromatic rings. The fourth-order valence-corrected chi connectivity index (χ4v) is 1.05. The Kier molecular flexibility index (Phi) is 6.09. The number of methoxy groups -OCH3 is 2. The summed E-state index contributed by atoms with van der Waals surface area (Å²) in [6, 6.07) is 0. The van der Waals surface area contributed by atoms with Gasteiger partial charge in [0.15, 0.2) is 0 Å². The van der Waals surface area contributed by atoms with Crippen molar-refractivity contribution in [1.29, 1.82) is 0 Å². The van der Waals surface area contributed by atoms with Crippen molar-refractivity contribution in [3.8, 4) is 0 Å². The van der Waals surface area contributed by atoms with Gasteiger partial charge in [-0.25, -0.2) is 0 Å². The van der Waals surface area contributed by atoms with E-state index in [9.17, 15) is 0 Å². The molecule has 2 heteroatoms. The van der Waals surface area contributed by atoms with E-state index < -0.39 is 0 Å². The molecule has 0 aliphatic carbocycles. The molecular formula is C12H22O2. The van der Waals surface area contributed by atoms with Crippen molar-refractivity contribution in [3.05, 3.63) is 24.2 Å². The topological polar surface area (TPSA) is 18.5 Å². The summed E-state index contributed by atoms with van der Waals surface area (Å²) >= 11 is 0. The Hall–Kier alpha value is -0.920. The van der Waals surface area contributed by atoms with Gasteiger partial charge in [-0.05, 0) is 37.3 Å². The van der Waals surface area contributed by atoms with Gasteiger partial charge in [-0.2, -0.15) is 0 Å². The van der Waals surface area contributed by atoms with Crippen LogP contribution in [0.5, 0.6) is 0 Å². The summed E-state index contributed by atoms with van der Waals surface area (Å²) in [4.78, 5) is 0. The highest BCUT2D eigenvalue weighted by Crippen LogP contribution is 2.26. The molecule has 82 valence electrons. The van der Waals surface area contributed by atoms with E-state index in [2.05, 4.69) is 26.0 Å². The van der Waals surface area contributed by atoms with Crippen molar-refractivity contribution >= 4 is 0 Å². The lowest BCUT2D eigenvalue weighted by atomic mass is 9.85. The quantitative estimate of drug-likeness (QED) is 0.608. The molecule has 0 spiro atoms. The Morgan fingerprint density at radius 2 is 1.86 bits per heavy atom. The van der Waals surface area contributed by atoms with Crippen molar-refractivity contribution in [1.82, 2.24) is 0 Å². The Bertz CT molecular complexity index is 202. The lowest BCUT2D eigenvalue weighted by Crippen LogP contribution is -2.08. The van der Waals surface area contributed by atoms with Gasteiger partial charge in [0.25, 0.3) is 0 Å². The lowest BCUT2D eigenvalue weighted by molar-refractivity contribution is 0.284. The van der Waals surface area contributed by atoms with Gasteiger partial charge < -0.3 is 9.47 Å². The van der Waals surface area contributed by atoms with Crippen LogP contribution in [0.2, 0.25) is 0 Å². The summed E-state index contributed by atoms with van der Waals surface area (Å²) in [5, 5.41) is 0. The monoisotopic (exact) mass is 198 g/mol. The molecule has 0 aliphatic heterocycles. The van der Waals surface area contributed by atoms with E-state index in [0.29, 0.717) is 0 Å². The van der Waals surface area contributed by atoms with Crippen LogP contribution in [0.25, 0.3) is 0 Å². The van der Waals surface area contributed by atoms with Crippen molar-refractivity contribution < 1.29 is 9.47 Å². The number of allylic oxidation sites excluding steroid dienone is 3. The number of rotatable bonds is 6. The minimum atomic E-state index is 0.259. The minimum Gasteiger partial charge on any atom is -0.505 e. The molecule has 0 N–H and O–H groups in total. The van der Waals surface area contributed by atoms with Crippen molar-refractivity contribution in [2.45, 2.75) is 33.6 Å². The molecule has 0 radical (unpaired) electrons. The van der Waals surface area contributed by atoms with Crippen LogP contribution in [0, 0.1) is 5.41 Å². The SMILES string of the molecule is CO/C=C\CC(C)(C)C/C=C(\C)OC. The normalized spacial score (nSPS) is 13.4. The van der Waals surface area contributed by atoms with Crippen LogP contribution in [0.15, 0.2) is 24.2 Å². The maximum absolute atomic E-state index is 5.09. The smallest absolute Gasteiger partial charge is 0.0885 e. The Balaban J connectivity index is 4.00. The van der Waals surface area contributed by atoms with Crippen LogP contribution >= 0.6 is 0 Å². The van der Waals surface area contributed by atoms with E-state index >= 15 is 0 Å². The standard InChI is InChI=1S/C12H22O2/c1-11(14-5)7-9-12(2,3)8-6-10-13-4/h6-7,10H,8-9H2,1-5H3/b10-6-,11-7+. The average molecular weight is 198 g/mol. The molecule has 0 unspecified atom stereocenters. The third kappa shape index (κ3) is 6.58. The molecule has 0 aromatic carbocycles. The van der Waals surface area contributed by atoms with Crippen LogP contribution < -0.4 is 0 Å². The minimum absolute atomic E-state index is 0.259. The summed E-state index contributed by atoms with van der Waals surface area (Å²) in [6.07, 6.45) is 7.93. The van der Waals surface area contributed by atoms with E-state index in [0.717, 1.165) is 18.6 Å². The summed E-state index contributed by atoms with van der Waals surface area (Å²) in [6.45, 7) is 6.43. The number of hydrogen-bond acceptors (Lipinski definition) is 2. The van der Waals surface area contributed by atoms with Gasteiger partial charge in [0.2, 0.25) is 0 Å². The zero-order chi connectivity index (χ0) is 11.0. The van der Waals surface area contributed by atoms with Gasteiger partial charge in [-0.1, -0.05) is 13.8 Å². The van der Waals surface area contributed by atoms with E-state index in [1.54, 1.807) is 20.5 Å². The molecule has 14 heavy (non-hydrogen) atoms. The van der Waals surface area contributed by atoms with Gasteiger partial charge in [0.05, 0.1) is 26.2 Å². The van der Waals surface area contributed by atoms with E-state index in [-0.39, 0.29) is 5.41 Å². The second kappa shape index (κ2) is 6.52. The highest BCUT2D eigenvalue weighted by atomic mass is 16.5. The van der Waals surface area contributed by atoms with Crippen LogP contribution in [0.1, 0.15) is 33.6 Å². The zero-order valence-corrected chi connectivity index (χ0v) is 9.96. The van der Waals surface area contributed by atoms with Crippen LogP contribution in [-0.2, 0) is 9.47 Å². The number of ether oxygens (including phenoxy) is 2. The van der Waals surface area contributed by atoms with Crippen LogP contribution in [-0.4, -0.2) is 14.2 Å². The van der Waals surface area contributed by atoms with Crippen molar-refractivity contribution in [2.24, 2.45) is 5.41 Å². The van der Waals surface area contributed by atoms with E-state index in [1.165, 1.54) is 0 Å². The van der Waals surface area contributed by atoms with Gasteiger partial charge in [0, 0.05) is 0 Å². The Morgan fingerprint density at radius 3 is 2.36 bits per heavy atom. The first-order valence-corrected chi connectivity index (χ1v) is 4.90. The maximum Gasteiger partial charge on any atom is 0.0885 e. The predicted molar refractivity (Wildman–Crippen MR) is 59.9 cm³/mol. The van der Waals surface area contributed by atoms with Gasteiger partial charge in [0.1, 0.15) is 0 Å². The highest BCUT2D eigenvalue weighted by Gasteiger charge is 2.14. The molecular weight excluding hydrogens is 176 g/mol. The van der Waals surface area contributed by atoms with Gasteiger partial charge in [-0.3, -0.25) is 0 Å². The molecule has 0 heterocycles. The van der Waals surface area contributed by atoms with Crippen molar-refractivity contribution in [3.63, 3.8) is 0 Å². The third-order valence-electron chi connectivity index (χ3n) is 2.17. The maximum atomic E-state index is 5.09. The molecule has 0 aromatic heterocycles. The Morgan fingerprint density at radius 1 is 1.21 bits per heavy atom. The van der Waals surface area contributed by atoms with E-state index in [4.69, 9.17) is 9.47 Å². The molecule has 0 atom stereocenters. The third-order valence-corrected chi connectivity index (χ3v) is 2.17. The fraction of sp³-hybridized carbons (Fsp3) is 0.667. The average Bonchev–Trinajstić information content (AvgIpc) is 2.14. The lowest BCUT2D eigenvalue weighted by Gasteiger charge is -2.20. The molecule has 0 rings (SSSR count). The fourth-order valence-electron chi connectivity index (χ4n) is 1.05. The zero-order valence-electron chi connectivity index (χ0n) is 9.96. The first kappa shape index (κ1) is 13.1. The van der Waals surface area contributed by atoms with E-state index in [1.807, 2.05) is 6.92 Å². The first-order valence-electron chi connectivity index (χ1n) is 4.90. The summed E-state index contributed by atoms with van der Waals surface area (Å²) < 4.78 is 9.95. The van der Waals surface area contributed by atoms with Crippen LogP contribution in [0.3, 0.4) is 0 Å². The van der Waals surface area contributed by atoms with Crippen molar-refractivity contribution in [2.75, 3.05) is 14.2 Å². The highest BCUT2D eigenvalue weighted by molar-refractivity contribution is 4.94. The molecule has 0 aliphatic rings. The molecule has 0 fully saturated rings. The molecule has 2 nitrogen and oxygen atoms in total. The predicted octanol–water partition coefficient (Wildman–Crippen LogP) is 3.50. The molecule has 0 saturated carbocycles. The molecule has 0 bridgehead atoms. The molecule has 0 amide bonds. The van der Waals surface area contributed by atoms with Crippen LogP contribution in [0.4, 0.5) is 0 Å². The van der Waals surface area contributed by atoms with Gasteiger partial charge >= 0.3 is 0 Å². The second-order valence-corrected chi connectivity index (χ2v) is 4.20. The first-order chi connectivity index (χ1) is 6.52. The second-order valence-electron chi connectivity index (χ2n) is 4.20. The molecule has 0 saturated heterocycles. The number of hydrogen-bond donors (Lipinski definition) is 0. The van der Waals surface area contributed by atoms with Gasteiger partial charge in [-0.15, -0.1) is 0 Å². The Labute approximate surface area is 87.6 Å². The summed E-state index contributed by atoms with van der Waals surface area (Å²) in [7, 11) is 3.36. The summed E-state index contributed by atoms with van der Waals surface area (Å²) in [5.74, 6) is 0.980.